The number of carbonyl (C=O) groups excluding carboxylic acids is 1. The summed E-state index contributed by atoms with van der Waals surface area (Å²) in [5.41, 5.74) is 0.478. The van der Waals surface area contributed by atoms with Gasteiger partial charge in [0.2, 0.25) is 5.13 Å². The molecule has 0 bridgehead atoms. The van der Waals surface area contributed by atoms with E-state index in [1.165, 1.54) is 11.3 Å². The van der Waals surface area contributed by atoms with Gasteiger partial charge in [0.1, 0.15) is 5.01 Å². The van der Waals surface area contributed by atoms with Gasteiger partial charge in [0.25, 0.3) is 5.91 Å². The summed E-state index contributed by atoms with van der Waals surface area (Å²) in [5.74, 6) is -0.254. The van der Waals surface area contributed by atoms with E-state index in [1.54, 1.807) is 18.2 Å². The van der Waals surface area contributed by atoms with Crippen LogP contribution in [0.4, 0.5) is 5.13 Å². The number of anilines is 1. The van der Waals surface area contributed by atoms with Gasteiger partial charge in [0.15, 0.2) is 0 Å². The summed E-state index contributed by atoms with van der Waals surface area (Å²) in [6.07, 6.45) is 0. The highest BCUT2D eigenvalue weighted by Gasteiger charge is 2.10. The summed E-state index contributed by atoms with van der Waals surface area (Å²) >= 11 is 10.5. The Morgan fingerprint density at radius 3 is 2.82 bits per heavy atom. The molecule has 17 heavy (non-hydrogen) atoms. The van der Waals surface area contributed by atoms with Crippen molar-refractivity contribution in [2.75, 3.05) is 5.32 Å². The standard InChI is InChI=1S/C10H7BrClN3OS/c1-5-14-15-10(17-5)13-9(16)6-2-3-7(11)8(12)4-6/h2-4H,1H3,(H,13,15,16). The van der Waals surface area contributed by atoms with Gasteiger partial charge in [0.05, 0.1) is 5.02 Å². The maximum atomic E-state index is 11.8. The fourth-order valence-corrected chi connectivity index (χ4v) is 2.17. The number of nitrogens with zero attached hydrogens (tertiary/aromatic N) is 2. The summed E-state index contributed by atoms with van der Waals surface area (Å²) in [4.78, 5) is 11.8. The molecule has 0 radical (unpaired) electrons. The minimum atomic E-state index is -0.254. The van der Waals surface area contributed by atoms with Crippen molar-refractivity contribution in [1.29, 1.82) is 0 Å². The molecule has 0 aliphatic rings. The number of hydrogen-bond acceptors (Lipinski definition) is 4. The molecule has 1 N–H and O–H groups in total. The molecule has 4 nitrogen and oxygen atoms in total. The maximum Gasteiger partial charge on any atom is 0.257 e. The largest absolute Gasteiger partial charge is 0.296 e. The second-order valence-corrected chi connectivity index (χ2v) is 5.65. The molecule has 0 saturated carbocycles. The Morgan fingerprint density at radius 1 is 1.47 bits per heavy atom. The van der Waals surface area contributed by atoms with Crippen molar-refractivity contribution in [3.05, 3.63) is 38.3 Å². The molecule has 0 fully saturated rings. The van der Waals surface area contributed by atoms with Crippen LogP contribution < -0.4 is 5.32 Å². The highest BCUT2D eigenvalue weighted by Crippen LogP contribution is 2.24. The van der Waals surface area contributed by atoms with Gasteiger partial charge in [-0.05, 0) is 41.1 Å². The number of aryl methyl sites for hydroxylation is 1. The van der Waals surface area contributed by atoms with Gasteiger partial charge >= 0.3 is 0 Å². The third-order valence-corrected chi connectivity index (χ3v) is 3.91. The summed E-state index contributed by atoms with van der Waals surface area (Å²) < 4.78 is 0.752. The third kappa shape index (κ3) is 3.02. The van der Waals surface area contributed by atoms with E-state index in [0.717, 1.165) is 9.48 Å². The van der Waals surface area contributed by atoms with E-state index in [9.17, 15) is 4.79 Å². The van der Waals surface area contributed by atoms with Crippen molar-refractivity contribution in [2.24, 2.45) is 0 Å². The Bertz CT molecular complexity index is 572. The Kier molecular flexibility index (Phi) is 3.76. The lowest BCUT2D eigenvalue weighted by Gasteiger charge is -2.02. The van der Waals surface area contributed by atoms with Crippen molar-refractivity contribution in [3.63, 3.8) is 0 Å². The first-order valence-electron chi connectivity index (χ1n) is 4.63. The fourth-order valence-electron chi connectivity index (χ4n) is 1.15. The Labute approximate surface area is 115 Å². The predicted molar refractivity (Wildman–Crippen MR) is 71.8 cm³/mol. The lowest BCUT2D eigenvalue weighted by molar-refractivity contribution is 0.102. The Morgan fingerprint density at radius 2 is 2.24 bits per heavy atom. The number of aromatic nitrogens is 2. The highest BCUT2D eigenvalue weighted by atomic mass is 79.9. The summed E-state index contributed by atoms with van der Waals surface area (Å²) in [6.45, 7) is 1.82. The normalized spacial score (nSPS) is 10.3. The lowest BCUT2D eigenvalue weighted by atomic mass is 10.2. The van der Waals surface area contributed by atoms with Gasteiger partial charge in [-0.2, -0.15) is 0 Å². The molecular weight excluding hydrogens is 326 g/mol. The first-order chi connectivity index (χ1) is 8.06. The van der Waals surface area contributed by atoms with Crippen molar-refractivity contribution >= 4 is 49.9 Å². The first-order valence-corrected chi connectivity index (χ1v) is 6.61. The van der Waals surface area contributed by atoms with Crippen molar-refractivity contribution < 1.29 is 4.79 Å². The molecule has 88 valence electrons. The minimum absolute atomic E-state index is 0.254. The maximum absolute atomic E-state index is 11.8. The second-order valence-electron chi connectivity index (χ2n) is 3.21. The molecule has 0 saturated heterocycles. The van der Waals surface area contributed by atoms with E-state index in [4.69, 9.17) is 11.6 Å². The molecule has 0 unspecified atom stereocenters. The van der Waals surface area contributed by atoms with Crippen LogP contribution in [0.15, 0.2) is 22.7 Å². The summed E-state index contributed by atoms with van der Waals surface area (Å²) in [5, 5.41) is 12.1. The SMILES string of the molecule is Cc1nnc(NC(=O)c2ccc(Br)c(Cl)c2)s1. The van der Waals surface area contributed by atoms with Crippen molar-refractivity contribution in [3.8, 4) is 0 Å². The number of nitrogens with one attached hydrogen (secondary N) is 1. The second kappa shape index (κ2) is 5.12. The number of halogens is 2. The molecule has 1 aromatic heterocycles. The van der Waals surface area contributed by atoms with Gasteiger partial charge in [-0.25, -0.2) is 0 Å². The summed E-state index contributed by atoms with van der Waals surface area (Å²) in [6, 6.07) is 5.00. The van der Waals surface area contributed by atoms with E-state index in [2.05, 4.69) is 31.4 Å². The molecule has 0 aliphatic heterocycles. The molecule has 0 aliphatic carbocycles. The van der Waals surface area contributed by atoms with Gasteiger partial charge < -0.3 is 0 Å². The number of amides is 1. The van der Waals surface area contributed by atoms with Crippen molar-refractivity contribution in [1.82, 2.24) is 10.2 Å². The van der Waals surface area contributed by atoms with Crippen molar-refractivity contribution in [2.45, 2.75) is 6.92 Å². The summed E-state index contributed by atoms with van der Waals surface area (Å²) in [7, 11) is 0. The molecule has 1 aromatic carbocycles. The van der Waals surface area contributed by atoms with E-state index in [-0.39, 0.29) is 5.91 Å². The molecule has 2 aromatic rings. The Balaban J connectivity index is 2.17. The van der Waals surface area contributed by atoms with Crippen LogP contribution in [0.2, 0.25) is 5.02 Å². The van der Waals surface area contributed by atoms with E-state index >= 15 is 0 Å². The number of carbonyl (C=O) groups is 1. The predicted octanol–water partition coefficient (Wildman–Crippen LogP) is 3.51. The smallest absolute Gasteiger partial charge is 0.257 e. The number of hydrogen-bond donors (Lipinski definition) is 1. The van der Waals surface area contributed by atoms with Crippen LogP contribution in [0.3, 0.4) is 0 Å². The van der Waals surface area contributed by atoms with Crippen LogP contribution >= 0.6 is 38.9 Å². The number of rotatable bonds is 2. The zero-order chi connectivity index (χ0) is 12.4. The van der Waals surface area contributed by atoms with Crippen LogP contribution in [0, 0.1) is 6.92 Å². The zero-order valence-corrected chi connectivity index (χ0v) is 11.9. The van der Waals surface area contributed by atoms with Crippen LogP contribution in [0.25, 0.3) is 0 Å². The van der Waals surface area contributed by atoms with E-state index in [1.807, 2.05) is 6.92 Å². The lowest BCUT2D eigenvalue weighted by Crippen LogP contribution is -2.11. The van der Waals surface area contributed by atoms with E-state index < -0.39 is 0 Å². The molecule has 7 heteroatoms. The first kappa shape index (κ1) is 12.5. The monoisotopic (exact) mass is 331 g/mol. The molecular formula is C10H7BrClN3OS. The zero-order valence-electron chi connectivity index (χ0n) is 8.70. The molecule has 0 atom stereocenters. The molecule has 0 spiro atoms. The minimum Gasteiger partial charge on any atom is -0.296 e. The molecule has 1 amide bonds. The van der Waals surface area contributed by atoms with Gasteiger partial charge in [-0.15, -0.1) is 10.2 Å². The molecule has 2 rings (SSSR count). The van der Waals surface area contributed by atoms with E-state index in [0.29, 0.717) is 15.7 Å². The fraction of sp³-hybridized carbons (Fsp3) is 0.100. The highest BCUT2D eigenvalue weighted by molar-refractivity contribution is 9.10. The topological polar surface area (TPSA) is 54.9 Å². The quantitative estimate of drug-likeness (QED) is 0.915. The van der Waals surface area contributed by atoms with Crippen LogP contribution in [-0.4, -0.2) is 16.1 Å². The molecule has 1 heterocycles. The third-order valence-electron chi connectivity index (χ3n) is 1.93. The van der Waals surface area contributed by atoms with Crippen LogP contribution in [0.5, 0.6) is 0 Å². The number of benzene rings is 1. The van der Waals surface area contributed by atoms with Crippen LogP contribution in [-0.2, 0) is 0 Å². The van der Waals surface area contributed by atoms with Gasteiger partial charge in [0, 0.05) is 10.0 Å². The van der Waals surface area contributed by atoms with Gasteiger partial charge in [-0.1, -0.05) is 22.9 Å². The van der Waals surface area contributed by atoms with Crippen LogP contribution in [0.1, 0.15) is 15.4 Å². The average Bonchev–Trinajstić information content (AvgIpc) is 2.68. The van der Waals surface area contributed by atoms with Gasteiger partial charge in [-0.3, -0.25) is 10.1 Å². The average molecular weight is 333 g/mol. The Hall–Kier alpha value is -0.980.